The Morgan fingerprint density at radius 1 is 0.425 bits per heavy atom. The van der Waals surface area contributed by atoms with E-state index in [1.54, 1.807) is 0 Å². The fourth-order valence-corrected chi connectivity index (χ4v) is 9.63. The zero-order chi connectivity index (χ0) is 53.1. The van der Waals surface area contributed by atoms with Crippen molar-refractivity contribution >= 4 is 19.8 Å². The van der Waals surface area contributed by atoms with E-state index in [9.17, 15) is 19.0 Å². The molecule has 9 nitrogen and oxygen atoms in total. The molecule has 2 atom stereocenters. The fourth-order valence-electron chi connectivity index (χ4n) is 8.86. The van der Waals surface area contributed by atoms with Crippen molar-refractivity contribution < 1.29 is 37.6 Å². The van der Waals surface area contributed by atoms with Gasteiger partial charge in [-0.15, -0.1) is 0 Å². The standard InChI is InChI=1S/C63H116NO8P/c1-3-5-7-9-11-13-15-17-19-20-21-22-23-24-25-26-27-28-29-30-31-32-33-34-35-36-37-38-39-40-42-43-45-47-49-51-53-55-62(65)69-59-61(60-71-73(67,68)70-58-57-64)72-63(66)56-54-52-50-48-46-44-41-18-16-14-12-10-8-6-4-2/h6,8,12,14,18,20-21,41,46,48,61H,3-5,7,9-11,13,15-17,19,22-40,42-45,47,49-60,64H2,1-2H3,(H,67,68)/b8-6-,14-12-,21-20-,41-18-,48-46-. The van der Waals surface area contributed by atoms with Crippen LogP contribution in [0.4, 0.5) is 0 Å². The molecule has 0 aromatic carbocycles. The molecule has 0 aromatic rings. The first-order valence-corrected chi connectivity index (χ1v) is 32.3. The monoisotopic (exact) mass is 1050 g/mol. The van der Waals surface area contributed by atoms with Crippen LogP contribution in [-0.4, -0.2) is 49.3 Å². The molecule has 0 fully saturated rings. The average molecular weight is 1050 g/mol. The molecular weight excluding hydrogens is 930 g/mol. The van der Waals surface area contributed by atoms with Crippen molar-refractivity contribution in [3.8, 4) is 0 Å². The Bertz CT molecular complexity index is 1380. The third-order valence-corrected chi connectivity index (χ3v) is 14.4. The fraction of sp³-hybridized carbons (Fsp3) is 0.810. The van der Waals surface area contributed by atoms with Gasteiger partial charge in [-0.3, -0.25) is 18.6 Å². The zero-order valence-electron chi connectivity index (χ0n) is 47.6. The largest absolute Gasteiger partial charge is 0.472 e. The van der Waals surface area contributed by atoms with Crippen LogP contribution in [0, 0.1) is 0 Å². The molecule has 0 rings (SSSR count). The number of hydrogen-bond acceptors (Lipinski definition) is 8. The van der Waals surface area contributed by atoms with E-state index in [1.165, 1.54) is 205 Å². The van der Waals surface area contributed by atoms with Gasteiger partial charge in [0, 0.05) is 19.4 Å². The van der Waals surface area contributed by atoms with Crippen LogP contribution >= 0.6 is 7.82 Å². The second-order valence-electron chi connectivity index (χ2n) is 20.5. The molecule has 0 aliphatic carbocycles. The number of carbonyl (C=O) groups excluding carboxylic acids is 2. The first kappa shape index (κ1) is 70.7. The highest BCUT2D eigenvalue weighted by atomic mass is 31.2. The molecule has 2 unspecified atom stereocenters. The predicted octanol–water partition coefficient (Wildman–Crippen LogP) is 19.5. The predicted molar refractivity (Wildman–Crippen MR) is 312 cm³/mol. The smallest absolute Gasteiger partial charge is 0.462 e. The summed E-state index contributed by atoms with van der Waals surface area (Å²) in [6.07, 6.45) is 74.7. The molecule has 0 aliphatic heterocycles. The summed E-state index contributed by atoms with van der Waals surface area (Å²) in [5, 5.41) is 0. The van der Waals surface area contributed by atoms with Crippen LogP contribution < -0.4 is 5.73 Å². The van der Waals surface area contributed by atoms with Crippen LogP contribution in [-0.2, 0) is 32.7 Å². The van der Waals surface area contributed by atoms with E-state index in [0.717, 1.165) is 57.8 Å². The number of ether oxygens (including phenoxy) is 2. The number of phosphoric ester groups is 1. The maximum absolute atomic E-state index is 12.6. The number of esters is 2. The van der Waals surface area contributed by atoms with E-state index in [2.05, 4.69) is 74.6 Å². The molecule has 0 radical (unpaired) electrons. The topological polar surface area (TPSA) is 134 Å². The molecule has 3 N–H and O–H groups in total. The Balaban J connectivity index is 3.78. The molecule has 0 aliphatic rings. The molecule has 10 heteroatoms. The SMILES string of the molecule is CC/C=C\C/C=C\C/C=C\C/C=C\CCCCC(=O)OC(COC(=O)CCCCCCCCCCCCCCCCCCCCCCCCCCC/C=C\CCCCCCCCCC)COP(=O)(O)OCCN. The van der Waals surface area contributed by atoms with Crippen LogP contribution in [0.15, 0.2) is 60.8 Å². The van der Waals surface area contributed by atoms with Gasteiger partial charge >= 0.3 is 19.8 Å². The van der Waals surface area contributed by atoms with E-state index >= 15 is 0 Å². The molecule has 0 amide bonds. The van der Waals surface area contributed by atoms with Crippen molar-refractivity contribution in [3.05, 3.63) is 60.8 Å². The van der Waals surface area contributed by atoms with Gasteiger partial charge in [0.25, 0.3) is 0 Å². The average Bonchev–Trinajstić information content (AvgIpc) is 3.38. The molecule has 73 heavy (non-hydrogen) atoms. The minimum absolute atomic E-state index is 0.0456. The molecule has 0 spiro atoms. The van der Waals surface area contributed by atoms with Gasteiger partial charge < -0.3 is 20.1 Å². The summed E-state index contributed by atoms with van der Waals surface area (Å²) in [7, 11) is -4.40. The number of unbranched alkanes of at least 4 members (excludes halogenated alkanes) is 35. The van der Waals surface area contributed by atoms with Crippen molar-refractivity contribution in [2.45, 2.75) is 302 Å². The van der Waals surface area contributed by atoms with E-state index in [-0.39, 0.29) is 38.6 Å². The molecule has 0 aromatic heterocycles. The molecule has 0 saturated heterocycles. The van der Waals surface area contributed by atoms with Crippen molar-refractivity contribution in [3.63, 3.8) is 0 Å². The van der Waals surface area contributed by atoms with Gasteiger partial charge in [0.1, 0.15) is 6.61 Å². The van der Waals surface area contributed by atoms with E-state index in [0.29, 0.717) is 6.42 Å². The lowest BCUT2D eigenvalue weighted by atomic mass is 10.0. The summed E-state index contributed by atoms with van der Waals surface area (Å²) >= 11 is 0. The summed E-state index contributed by atoms with van der Waals surface area (Å²) in [6, 6.07) is 0. The lowest BCUT2D eigenvalue weighted by Crippen LogP contribution is -2.29. The lowest BCUT2D eigenvalue weighted by molar-refractivity contribution is -0.161. The second kappa shape index (κ2) is 59.0. The summed E-state index contributed by atoms with van der Waals surface area (Å²) in [6.45, 7) is 3.60. The van der Waals surface area contributed by atoms with Gasteiger partial charge in [0.2, 0.25) is 0 Å². The highest BCUT2D eigenvalue weighted by Crippen LogP contribution is 2.43. The number of allylic oxidation sites excluding steroid dienone is 10. The first-order valence-electron chi connectivity index (χ1n) is 30.8. The summed E-state index contributed by atoms with van der Waals surface area (Å²) in [5.74, 6) is -0.869. The van der Waals surface area contributed by atoms with Gasteiger partial charge in [-0.2, -0.15) is 0 Å². The van der Waals surface area contributed by atoms with Gasteiger partial charge in [-0.05, 0) is 77.0 Å². The van der Waals surface area contributed by atoms with Crippen molar-refractivity contribution in [2.24, 2.45) is 5.73 Å². The Kier molecular flexibility index (Phi) is 57.1. The highest BCUT2D eigenvalue weighted by molar-refractivity contribution is 7.47. The highest BCUT2D eigenvalue weighted by Gasteiger charge is 2.26. The third-order valence-electron chi connectivity index (χ3n) is 13.4. The van der Waals surface area contributed by atoms with Gasteiger partial charge in [-0.1, -0.05) is 267 Å². The number of nitrogens with two attached hydrogens (primary N) is 1. The van der Waals surface area contributed by atoms with Crippen LogP contribution in [0.5, 0.6) is 0 Å². The maximum Gasteiger partial charge on any atom is 0.472 e. The minimum atomic E-state index is -4.40. The lowest BCUT2D eigenvalue weighted by Gasteiger charge is -2.19. The van der Waals surface area contributed by atoms with Crippen LogP contribution in [0.2, 0.25) is 0 Å². The quantitative estimate of drug-likeness (QED) is 0.0264. The van der Waals surface area contributed by atoms with E-state index in [4.69, 9.17) is 24.3 Å². The summed E-state index contributed by atoms with van der Waals surface area (Å²) in [5.41, 5.74) is 5.37. The number of phosphoric acid groups is 1. The van der Waals surface area contributed by atoms with Gasteiger partial charge in [0.05, 0.1) is 13.2 Å². The first-order chi connectivity index (χ1) is 35.8. The third kappa shape index (κ3) is 58.8. The molecular formula is C63H116NO8P. The zero-order valence-corrected chi connectivity index (χ0v) is 48.5. The second-order valence-corrected chi connectivity index (χ2v) is 22.0. The van der Waals surface area contributed by atoms with E-state index < -0.39 is 26.5 Å². The normalized spacial score (nSPS) is 13.4. The minimum Gasteiger partial charge on any atom is -0.462 e. The summed E-state index contributed by atoms with van der Waals surface area (Å²) in [4.78, 5) is 35.1. The van der Waals surface area contributed by atoms with Gasteiger partial charge in [-0.25, -0.2) is 4.57 Å². The molecule has 0 heterocycles. The Morgan fingerprint density at radius 2 is 0.753 bits per heavy atom. The Hall–Kier alpha value is -2.29. The Morgan fingerprint density at radius 3 is 1.16 bits per heavy atom. The van der Waals surface area contributed by atoms with Crippen molar-refractivity contribution in [1.82, 2.24) is 0 Å². The summed E-state index contributed by atoms with van der Waals surface area (Å²) < 4.78 is 32.9. The van der Waals surface area contributed by atoms with Crippen LogP contribution in [0.25, 0.3) is 0 Å². The number of hydrogen-bond donors (Lipinski definition) is 2. The molecule has 426 valence electrons. The number of rotatable bonds is 58. The van der Waals surface area contributed by atoms with Gasteiger partial charge in [0.15, 0.2) is 6.10 Å². The molecule has 0 saturated carbocycles. The molecule has 0 bridgehead atoms. The van der Waals surface area contributed by atoms with Crippen molar-refractivity contribution in [2.75, 3.05) is 26.4 Å². The van der Waals surface area contributed by atoms with Crippen LogP contribution in [0.3, 0.4) is 0 Å². The maximum atomic E-state index is 12.6. The van der Waals surface area contributed by atoms with Crippen molar-refractivity contribution in [1.29, 1.82) is 0 Å². The number of carbonyl (C=O) groups is 2. The Labute approximate surface area is 450 Å². The van der Waals surface area contributed by atoms with Crippen LogP contribution in [0.1, 0.15) is 296 Å². The van der Waals surface area contributed by atoms with E-state index in [1.807, 2.05) is 0 Å².